The van der Waals surface area contributed by atoms with Crippen molar-refractivity contribution in [2.75, 3.05) is 13.1 Å². The van der Waals surface area contributed by atoms with Gasteiger partial charge in [-0.25, -0.2) is 0 Å². The molecule has 2 N–H and O–H groups in total. The Labute approximate surface area is 121 Å². The topological polar surface area (TPSA) is 60.8 Å². The molecule has 1 aromatic carbocycles. The van der Waals surface area contributed by atoms with Crippen molar-refractivity contribution in [1.29, 1.82) is 0 Å². The second kappa shape index (κ2) is 5.99. The lowest BCUT2D eigenvalue weighted by atomic mass is 10.1. The molecule has 0 aliphatic carbocycles. The van der Waals surface area contributed by atoms with Gasteiger partial charge in [0, 0.05) is 30.1 Å². The van der Waals surface area contributed by atoms with E-state index in [1.807, 2.05) is 0 Å². The maximum atomic E-state index is 10.7. The average Bonchev–Trinajstić information content (AvgIpc) is 2.76. The third-order valence-electron chi connectivity index (χ3n) is 3.38. The molecule has 1 heterocycles. The number of phenols is 1. The monoisotopic (exact) mass is 303 g/mol. The number of benzene rings is 1. The molecular weight excluding hydrogens is 289 g/mol. The quantitative estimate of drug-likeness (QED) is 0.897. The van der Waals surface area contributed by atoms with Gasteiger partial charge < -0.3 is 10.2 Å². The van der Waals surface area contributed by atoms with Crippen LogP contribution in [0.5, 0.6) is 5.75 Å². The largest absolute Gasteiger partial charge is 0.506 e. The highest BCUT2D eigenvalue weighted by Crippen LogP contribution is 2.34. The van der Waals surface area contributed by atoms with E-state index in [0.29, 0.717) is 23.7 Å². The van der Waals surface area contributed by atoms with Crippen molar-refractivity contribution in [3.63, 3.8) is 0 Å². The van der Waals surface area contributed by atoms with E-state index in [-0.39, 0.29) is 23.1 Å². The molecule has 1 saturated heterocycles. The van der Waals surface area contributed by atoms with Crippen LogP contribution in [0.4, 0.5) is 0 Å². The van der Waals surface area contributed by atoms with Gasteiger partial charge in [-0.3, -0.25) is 9.69 Å². The number of nitrogens with zero attached hydrogens (tertiary/aromatic N) is 1. The number of phenolic OH excluding ortho intramolecular Hbond substituents is 1. The van der Waals surface area contributed by atoms with Gasteiger partial charge in [-0.2, -0.15) is 0 Å². The number of halogens is 2. The van der Waals surface area contributed by atoms with Crippen LogP contribution in [0.3, 0.4) is 0 Å². The summed E-state index contributed by atoms with van der Waals surface area (Å²) in [5.74, 6) is -0.574. The molecule has 0 aromatic heterocycles. The molecule has 0 radical (unpaired) electrons. The van der Waals surface area contributed by atoms with E-state index < -0.39 is 5.97 Å². The Morgan fingerprint density at radius 1 is 1.42 bits per heavy atom. The van der Waals surface area contributed by atoms with Crippen molar-refractivity contribution in [1.82, 2.24) is 4.90 Å². The molecule has 0 bridgehead atoms. The molecule has 1 unspecified atom stereocenters. The first-order valence-electron chi connectivity index (χ1n) is 6.07. The Morgan fingerprint density at radius 2 is 2.16 bits per heavy atom. The molecule has 104 valence electrons. The number of hydrogen-bond acceptors (Lipinski definition) is 3. The van der Waals surface area contributed by atoms with Crippen LogP contribution in [0.15, 0.2) is 12.1 Å². The van der Waals surface area contributed by atoms with Crippen molar-refractivity contribution in [2.24, 2.45) is 5.92 Å². The minimum absolute atomic E-state index is 0.0161. The van der Waals surface area contributed by atoms with Gasteiger partial charge in [-0.05, 0) is 31.0 Å². The van der Waals surface area contributed by atoms with Crippen molar-refractivity contribution >= 4 is 29.2 Å². The highest BCUT2D eigenvalue weighted by molar-refractivity contribution is 6.36. The third-order valence-corrected chi connectivity index (χ3v) is 4.16. The van der Waals surface area contributed by atoms with Gasteiger partial charge in [0.1, 0.15) is 5.75 Å². The van der Waals surface area contributed by atoms with Crippen molar-refractivity contribution in [3.05, 3.63) is 27.7 Å². The number of rotatable bonds is 4. The van der Waals surface area contributed by atoms with Crippen LogP contribution in [0.1, 0.15) is 18.4 Å². The van der Waals surface area contributed by atoms with Gasteiger partial charge in [0.25, 0.3) is 0 Å². The fraction of sp³-hybridized carbons (Fsp3) is 0.462. The maximum Gasteiger partial charge on any atom is 0.303 e. The predicted molar refractivity (Wildman–Crippen MR) is 73.8 cm³/mol. The molecule has 2 rings (SSSR count). The van der Waals surface area contributed by atoms with Crippen LogP contribution in [0.25, 0.3) is 0 Å². The minimum atomic E-state index is -0.764. The smallest absolute Gasteiger partial charge is 0.303 e. The summed E-state index contributed by atoms with van der Waals surface area (Å²) in [5.41, 5.74) is 0.694. The van der Waals surface area contributed by atoms with Gasteiger partial charge in [-0.15, -0.1) is 0 Å². The number of likely N-dealkylation sites (tertiary alicyclic amines) is 1. The standard InChI is InChI=1S/C13H15Cl2NO3/c14-10-1-2-11(17)13(15)9(10)7-16-4-3-8(6-16)5-12(18)19/h1-2,8,17H,3-7H2,(H,18,19). The predicted octanol–water partition coefficient (Wildman–Crippen LogP) is 3.00. The molecule has 1 fully saturated rings. The molecule has 0 saturated carbocycles. The summed E-state index contributed by atoms with van der Waals surface area (Å²) >= 11 is 12.1. The van der Waals surface area contributed by atoms with Gasteiger partial charge in [-0.1, -0.05) is 23.2 Å². The molecule has 0 amide bonds. The first-order valence-corrected chi connectivity index (χ1v) is 6.83. The molecular formula is C13H15Cl2NO3. The number of hydrogen-bond donors (Lipinski definition) is 2. The number of carboxylic acids is 1. The van der Waals surface area contributed by atoms with E-state index in [4.69, 9.17) is 28.3 Å². The number of carboxylic acid groups (broad SMARTS) is 1. The van der Waals surface area contributed by atoms with Gasteiger partial charge in [0.15, 0.2) is 0 Å². The van der Waals surface area contributed by atoms with E-state index in [0.717, 1.165) is 13.0 Å². The molecule has 1 aliphatic rings. The first kappa shape index (κ1) is 14.4. The number of aromatic hydroxyl groups is 1. The SMILES string of the molecule is O=C(O)CC1CCN(Cc2c(Cl)ccc(O)c2Cl)C1. The molecule has 1 aromatic rings. The summed E-state index contributed by atoms with van der Waals surface area (Å²) in [7, 11) is 0. The molecule has 19 heavy (non-hydrogen) atoms. The Morgan fingerprint density at radius 3 is 2.84 bits per heavy atom. The van der Waals surface area contributed by atoms with Crippen LogP contribution in [0.2, 0.25) is 10.0 Å². The molecule has 6 heteroatoms. The Hall–Kier alpha value is -0.970. The number of carbonyl (C=O) groups is 1. The molecule has 4 nitrogen and oxygen atoms in total. The average molecular weight is 304 g/mol. The normalized spacial score (nSPS) is 19.8. The van der Waals surface area contributed by atoms with E-state index in [2.05, 4.69) is 4.90 Å². The highest BCUT2D eigenvalue weighted by atomic mass is 35.5. The first-order chi connectivity index (χ1) is 8.97. The van der Waals surface area contributed by atoms with Crippen LogP contribution in [-0.4, -0.2) is 34.2 Å². The van der Waals surface area contributed by atoms with Crippen LogP contribution < -0.4 is 0 Å². The van der Waals surface area contributed by atoms with E-state index >= 15 is 0 Å². The Bertz CT molecular complexity index is 493. The van der Waals surface area contributed by atoms with Crippen molar-refractivity contribution < 1.29 is 15.0 Å². The fourth-order valence-electron chi connectivity index (χ4n) is 2.42. The molecule has 0 spiro atoms. The highest BCUT2D eigenvalue weighted by Gasteiger charge is 2.25. The zero-order chi connectivity index (χ0) is 14.0. The van der Waals surface area contributed by atoms with Crippen LogP contribution in [-0.2, 0) is 11.3 Å². The summed E-state index contributed by atoms with van der Waals surface area (Å²) in [6.07, 6.45) is 1.05. The zero-order valence-corrected chi connectivity index (χ0v) is 11.8. The molecule has 1 atom stereocenters. The second-order valence-electron chi connectivity index (χ2n) is 4.85. The Balaban J connectivity index is 2.03. The van der Waals surface area contributed by atoms with E-state index in [1.54, 1.807) is 6.07 Å². The Kier molecular flexibility index (Phi) is 4.55. The second-order valence-corrected chi connectivity index (χ2v) is 5.63. The van der Waals surface area contributed by atoms with Crippen molar-refractivity contribution in [2.45, 2.75) is 19.4 Å². The summed E-state index contributed by atoms with van der Waals surface area (Å²) in [4.78, 5) is 12.8. The fourth-order valence-corrected chi connectivity index (χ4v) is 2.91. The zero-order valence-electron chi connectivity index (χ0n) is 10.3. The maximum absolute atomic E-state index is 10.7. The summed E-state index contributed by atoms with van der Waals surface area (Å²) in [6, 6.07) is 3.08. The lowest BCUT2D eigenvalue weighted by Crippen LogP contribution is -2.21. The summed E-state index contributed by atoms with van der Waals surface area (Å²) < 4.78 is 0. The third kappa shape index (κ3) is 3.53. The van der Waals surface area contributed by atoms with Gasteiger partial charge in [0.2, 0.25) is 0 Å². The van der Waals surface area contributed by atoms with Crippen molar-refractivity contribution in [3.8, 4) is 5.75 Å². The number of aliphatic carboxylic acids is 1. The molecule has 1 aliphatic heterocycles. The van der Waals surface area contributed by atoms with Crippen LogP contribution in [0, 0.1) is 5.92 Å². The van der Waals surface area contributed by atoms with Gasteiger partial charge in [0.05, 0.1) is 5.02 Å². The van der Waals surface area contributed by atoms with Crippen LogP contribution >= 0.6 is 23.2 Å². The van der Waals surface area contributed by atoms with E-state index in [1.165, 1.54) is 6.07 Å². The minimum Gasteiger partial charge on any atom is -0.506 e. The summed E-state index contributed by atoms with van der Waals surface area (Å²) in [5, 5.41) is 19.2. The van der Waals surface area contributed by atoms with E-state index in [9.17, 15) is 9.90 Å². The lowest BCUT2D eigenvalue weighted by Gasteiger charge is -2.18. The lowest BCUT2D eigenvalue weighted by molar-refractivity contribution is -0.138. The summed E-state index contributed by atoms with van der Waals surface area (Å²) in [6.45, 7) is 2.07. The van der Waals surface area contributed by atoms with Gasteiger partial charge >= 0.3 is 5.97 Å².